The second kappa shape index (κ2) is 5.12. The van der Waals surface area contributed by atoms with Crippen LogP contribution in [0.25, 0.3) is 0 Å². The van der Waals surface area contributed by atoms with E-state index in [2.05, 4.69) is 4.98 Å². The Balaban J connectivity index is 2.22. The van der Waals surface area contributed by atoms with Crippen molar-refractivity contribution >= 4 is 38.9 Å². The van der Waals surface area contributed by atoms with Gasteiger partial charge in [0.05, 0.1) is 12.1 Å². The average molecular weight is 310 g/mol. The summed E-state index contributed by atoms with van der Waals surface area (Å²) < 4.78 is 26.1. The summed E-state index contributed by atoms with van der Waals surface area (Å²) in [7, 11) is -3.61. The van der Waals surface area contributed by atoms with E-state index in [1.165, 1.54) is 10.5 Å². The molecule has 1 amide bonds. The number of nitrogens with zero attached hydrogens (tertiary/aromatic N) is 2. The average Bonchev–Trinajstić information content (AvgIpc) is 2.77. The van der Waals surface area contributed by atoms with E-state index in [0.29, 0.717) is 19.4 Å². The summed E-state index contributed by atoms with van der Waals surface area (Å²) >= 11 is 6.54. The molecule has 100 valence electrons. The zero-order valence-corrected chi connectivity index (χ0v) is 11.8. The highest BCUT2D eigenvalue weighted by molar-refractivity contribution is 7.91. The second-order valence-electron chi connectivity index (χ2n) is 4.04. The summed E-state index contributed by atoms with van der Waals surface area (Å²) in [6.07, 6.45) is 2.49. The molecule has 0 radical (unpaired) electrons. The molecule has 6 nitrogen and oxygen atoms in total. The molecule has 0 saturated carbocycles. The van der Waals surface area contributed by atoms with Gasteiger partial charge in [-0.25, -0.2) is 13.4 Å². The Morgan fingerprint density at radius 1 is 1.61 bits per heavy atom. The van der Waals surface area contributed by atoms with Gasteiger partial charge in [0.1, 0.15) is 0 Å². The third-order valence-corrected chi connectivity index (χ3v) is 6.25. The maximum atomic E-state index is 12.3. The molecule has 18 heavy (non-hydrogen) atoms. The Kier molecular flexibility index (Phi) is 3.90. The summed E-state index contributed by atoms with van der Waals surface area (Å²) in [5, 5.41) is 0. The minimum absolute atomic E-state index is 0.0950. The molecule has 2 heterocycles. The quantitative estimate of drug-likeness (QED) is 0.888. The van der Waals surface area contributed by atoms with Gasteiger partial charge in [-0.2, -0.15) is 4.31 Å². The Bertz CT molecular complexity index is 557. The minimum Gasteiger partial charge on any atom is -0.369 e. The van der Waals surface area contributed by atoms with Gasteiger partial charge in [-0.15, -0.1) is 0 Å². The lowest BCUT2D eigenvalue weighted by atomic mass is 9.99. The lowest BCUT2D eigenvalue weighted by molar-refractivity contribution is -0.122. The number of nitrogens with two attached hydrogens (primary N) is 1. The third-order valence-electron chi connectivity index (χ3n) is 2.84. The zero-order valence-electron chi connectivity index (χ0n) is 9.37. The van der Waals surface area contributed by atoms with Crippen LogP contribution in [-0.4, -0.2) is 36.7 Å². The molecule has 9 heteroatoms. The molecule has 0 bridgehead atoms. The van der Waals surface area contributed by atoms with Crippen molar-refractivity contribution in [2.24, 2.45) is 11.7 Å². The molecule has 1 unspecified atom stereocenters. The highest BCUT2D eigenvalue weighted by Crippen LogP contribution is 2.28. The molecular weight excluding hydrogens is 298 g/mol. The lowest BCUT2D eigenvalue weighted by Gasteiger charge is -2.29. The summed E-state index contributed by atoms with van der Waals surface area (Å²) in [5.41, 5.74) is 5.22. The van der Waals surface area contributed by atoms with Crippen molar-refractivity contribution in [3.63, 3.8) is 0 Å². The number of thiazole rings is 1. The Morgan fingerprint density at radius 2 is 2.33 bits per heavy atom. The number of piperidine rings is 1. The first-order valence-corrected chi connectivity index (χ1v) is 7.95. The lowest BCUT2D eigenvalue weighted by Crippen LogP contribution is -2.43. The fraction of sp³-hybridized carbons (Fsp3) is 0.556. The highest BCUT2D eigenvalue weighted by atomic mass is 35.5. The van der Waals surface area contributed by atoms with Crippen molar-refractivity contribution in [1.82, 2.24) is 9.29 Å². The first-order valence-electron chi connectivity index (χ1n) is 5.32. The van der Waals surface area contributed by atoms with Crippen LogP contribution in [0, 0.1) is 5.92 Å². The van der Waals surface area contributed by atoms with Gasteiger partial charge in [-0.3, -0.25) is 4.79 Å². The number of primary amides is 1. The normalized spacial score (nSPS) is 21.9. The molecule has 0 aromatic carbocycles. The fourth-order valence-corrected chi connectivity index (χ4v) is 4.85. The molecule has 2 rings (SSSR count). The van der Waals surface area contributed by atoms with Gasteiger partial charge in [0.25, 0.3) is 10.0 Å². The molecule has 0 spiro atoms. The number of carbonyl (C=O) groups excluding carboxylic acids is 1. The number of sulfonamides is 1. The molecule has 2 N–H and O–H groups in total. The number of hydrogen-bond acceptors (Lipinski definition) is 5. The van der Waals surface area contributed by atoms with E-state index in [1.54, 1.807) is 0 Å². The maximum Gasteiger partial charge on any atom is 0.254 e. The first-order chi connectivity index (χ1) is 8.41. The van der Waals surface area contributed by atoms with Gasteiger partial charge in [0, 0.05) is 13.1 Å². The highest BCUT2D eigenvalue weighted by Gasteiger charge is 2.33. The zero-order chi connectivity index (χ0) is 13.3. The largest absolute Gasteiger partial charge is 0.369 e. The Hall–Kier alpha value is -0.700. The smallest absolute Gasteiger partial charge is 0.254 e. The Labute approximate surface area is 114 Å². The number of rotatable bonds is 3. The molecule has 1 aliphatic heterocycles. The van der Waals surface area contributed by atoms with Crippen molar-refractivity contribution in [1.29, 1.82) is 0 Å². The van der Waals surface area contributed by atoms with Crippen molar-refractivity contribution in [3.05, 3.63) is 10.7 Å². The molecule has 1 saturated heterocycles. The minimum atomic E-state index is -3.61. The molecule has 1 aliphatic rings. The Morgan fingerprint density at radius 3 is 2.89 bits per heavy atom. The van der Waals surface area contributed by atoms with Crippen LogP contribution in [0.5, 0.6) is 0 Å². The van der Waals surface area contributed by atoms with Crippen LogP contribution in [0.15, 0.2) is 10.4 Å². The fourth-order valence-electron chi connectivity index (χ4n) is 1.88. The summed E-state index contributed by atoms with van der Waals surface area (Å²) in [6.45, 7) is 0.523. The van der Waals surface area contributed by atoms with Gasteiger partial charge in [0.2, 0.25) is 5.91 Å². The van der Waals surface area contributed by atoms with E-state index >= 15 is 0 Å². The topological polar surface area (TPSA) is 93.4 Å². The predicted octanol–water partition coefficient (Wildman–Crippen LogP) is 0.683. The molecule has 1 aromatic rings. The van der Waals surface area contributed by atoms with Gasteiger partial charge >= 0.3 is 0 Å². The van der Waals surface area contributed by atoms with E-state index in [9.17, 15) is 13.2 Å². The van der Waals surface area contributed by atoms with Gasteiger partial charge < -0.3 is 5.73 Å². The number of aromatic nitrogens is 1. The van der Waals surface area contributed by atoms with Crippen LogP contribution in [0.3, 0.4) is 0 Å². The summed E-state index contributed by atoms with van der Waals surface area (Å²) in [5.74, 6) is -0.880. The molecule has 1 fully saturated rings. The number of carbonyl (C=O) groups is 1. The summed E-state index contributed by atoms with van der Waals surface area (Å²) in [6, 6.07) is 0. The maximum absolute atomic E-state index is 12.3. The van der Waals surface area contributed by atoms with E-state index < -0.39 is 21.8 Å². The van der Waals surface area contributed by atoms with E-state index in [4.69, 9.17) is 17.3 Å². The van der Waals surface area contributed by atoms with E-state index in [0.717, 1.165) is 11.3 Å². The van der Waals surface area contributed by atoms with Crippen LogP contribution >= 0.6 is 22.9 Å². The van der Waals surface area contributed by atoms with Gasteiger partial charge in [0.15, 0.2) is 8.68 Å². The molecule has 1 aromatic heterocycles. The monoisotopic (exact) mass is 309 g/mol. The van der Waals surface area contributed by atoms with Crippen LogP contribution in [0.1, 0.15) is 12.8 Å². The summed E-state index contributed by atoms with van der Waals surface area (Å²) in [4.78, 5) is 14.9. The number of amides is 1. The van der Waals surface area contributed by atoms with E-state index in [1.807, 2.05) is 0 Å². The van der Waals surface area contributed by atoms with Crippen LogP contribution in [0.4, 0.5) is 0 Å². The van der Waals surface area contributed by atoms with Crippen LogP contribution in [0.2, 0.25) is 4.47 Å². The molecule has 0 aliphatic carbocycles. The molecular formula is C9H12ClN3O3S2. The van der Waals surface area contributed by atoms with Crippen LogP contribution < -0.4 is 5.73 Å². The number of halogens is 1. The number of hydrogen-bond donors (Lipinski definition) is 1. The predicted molar refractivity (Wildman–Crippen MR) is 67.8 cm³/mol. The standard InChI is InChI=1S/C9H12ClN3O3S2/c10-9-12-4-7(17-9)18(15,16)13-3-1-2-6(5-13)8(11)14/h4,6H,1-3,5H2,(H2,11,14). The SMILES string of the molecule is NC(=O)C1CCCN(S(=O)(=O)c2cnc(Cl)s2)C1. The molecule has 1 atom stereocenters. The first kappa shape index (κ1) is 13.7. The van der Waals surface area contributed by atoms with Gasteiger partial charge in [-0.1, -0.05) is 22.9 Å². The second-order valence-corrected chi connectivity index (χ2v) is 7.81. The van der Waals surface area contributed by atoms with Crippen molar-refractivity contribution < 1.29 is 13.2 Å². The van der Waals surface area contributed by atoms with E-state index in [-0.39, 0.29) is 15.2 Å². The van der Waals surface area contributed by atoms with Gasteiger partial charge in [-0.05, 0) is 12.8 Å². The van der Waals surface area contributed by atoms with Crippen molar-refractivity contribution in [2.45, 2.75) is 17.1 Å². The van der Waals surface area contributed by atoms with Crippen molar-refractivity contribution in [3.8, 4) is 0 Å². The van der Waals surface area contributed by atoms with Crippen LogP contribution in [-0.2, 0) is 14.8 Å². The van der Waals surface area contributed by atoms with Crippen molar-refractivity contribution in [2.75, 3.05) is 13.1 Å². The third kappa shape index (κ3) is 2.66.